The van der Waals surface area contributed by atoms with Gasteiger partial charge in [0, 0.05) is 20.6 Å². The molecule has 13 atom stereocenters. The molecule has 1 saturated heterocycles. The minimum absolute atomic E-state index is 0.00675. The van der Waals surface area contributed by atoms with Crippen LogP contribution in [-0.2, 0) is 18.9 Å². The monoisotopic (exact) mass is 546 g/mol. The zero-order chi connectivity index (χ0) is 27.9. The minimum Gasteiger partial charge on any atom is -0.378 e. The Hall–Kier alpha value is -0.160. The lowest BCUT2D eigenvalue weighted by Crippen LogP contribution is -2.55. The third-order valence-corrected chi connectivity index (χ3v) is 13.4. The van der Waals surface area contributed by atoms with Crippen LogP contribution in [0, 0.1) is 52.3 Å². The van der Waals surface area contributed by atoms with Crippen molar-refractivity contribution in [1.82, 2.24) is 0 Å². The fraction of sp³-hybridized carbons (Fsp3) is 1.00. The van der Waals surface area contributed by atoms with Crippen LogP contribution in [0.15, 0.2) is 0 Å². The van der Waals surface area contributed by atoms with Gasteiger partial charge in [-0.05, 0) is 117 Å². The maximum Gasteiger partial charge on any atom is 0.161 e. The van der Waals surface area contributed by atoms with Gasteiger partial charge in [-0.2, -0.15) is 0 Å². The Morgan fingerprint density at radius 1 is 0.821 bits per heavy atom. The Bertz CT molecular complexity index is 800. The zero-order valence-electron chi connectivity index (χ0n) is 26.8. The number of rotatable bonds is 9. The van der Waals surface area contributed by atoms with E-state index in [1.54, 1.807) is 14.2 Å². The van der Waals surface area contributed by atoms with E-state index in [1.165, 1.54) is 77.0 Å². The van der Waals surface area contributed by atoms with Crippen molar-refractivity contribution >= 4 is 0 Å². The van der Waals surface area contributed by atoms with Crippen molar-refractivity contribution in [1.29, 1.82) is 0 Å². The van der Waals surface area contributed by atoms with Gasteiger partial charge in [-0.15, -0.1) is 0 Å². The van der Waals surface area contributed by atoms with E-state index in [2.05, 4.69) is 41.5 Å². The first-order valence-corrected chi connectivity index (χ1v) is 17.0. The Balaban J connectivity index is 1.19. The predicted molar refractivity (Wildman–Crippen MR) is 158 cm³/mol. The highest BCUT2D eigenvalue weighted by atomic mass is 16.7. The van der Waals surface area contributed by atoms with E-state index in [4.69, 9.17) is 18.9 Å². The lowest BCUT2D eigenvalue weighted by Gasteiger charge is -2.61. The van der Waals surface area contributed by atoms with Crippen molar-refractivity contribution in [2.24, 2.45) is 52.3 Å². The molecule has 4 aliphatic carbocycles. The summed E-state index contributed by atoms with van der Waals surface area (Å²) in [6.07, 6.45) is 17.8. The molecule has 0 bridgehead atoms. The van der Waals surface area contributed by atoms with E-state index in [-0.39, 0.29) is 24.6 Å². The van der Waals surface area contributed by atoms with Crippen LogP contribution in [0.3, 0.4) is 0 Å². The zero-order valence-corrected chi connectivity index (χ0v) is 26.8. The molecule has 5 fully saturated rings. The average molecular weight is 547 g/mol. The second-order valence-electron chi connectivity index (χ2n) is 15.7. The molecule has 39 heavy (non-hydrogen) atoms. The quantitative estimate of drug-likeness (QED) is 0.271. The van der Waals surface area contributed by atoms with Gasteiger partial charge >= 0.3 is 0 Å². The first-order chi connectivity index (χ1) is 18.6. The number of fused-ring (bicyclic) bond motifs is 5. The van der Waals surface area contributed by atoms with E-state index in [9.17, 15) is 0 Å². The molecular weight excluding hydrogens is 484 g/mol. The maximum atomic E-state index is 6.67. The van der Waals surface area contributed by atoms with Crippen molar-refractivity contribution in [3.05, 3.63) is 0 Å². The maximum absolute atomic E-state index is 6.67. The Morgan fingerprint density at radius 3 is 2.28 bits per heavy atom. The summed E-state index contributed by atoms with van der Waals surface area (Å²) in [7, 11) is 3.54. The van der Waals surface area contributed by atoms with Crippen LogP contribution in [-0.4, -0.2) is 44.9 Å². The summed E-state index contributed by atoms with van der Waals surface area (Å²) in [5.74, 6) is 6.37. The van der Waals surface area contributed by atoms with Gasteiger partial charge in [-0.1, -0.05) is 53.9 Å². The van der Waals surface area contributed by atoms with Crippen LogP contribution in [0.2, 0.25) is 0 Å². The summed E-state index contributed by atoms with van der Waals surface area (Å²) in [6, 6.07) is 0. The van der Waals surface area contributed by atoms with Crippen LogP contribution < -0.4 is 0 Å². The summed E-state index contributed by atoms with van der Waals surface area (Å²) in [6.45, 7) is 14.9. The van der Waals surface area contributed by atoms with E-state index < -0.39 is 0 Å². The highest BCUT2D eigenvalue weighted by Crippen LogP contribution is 2.68. The number of ether oxygens (including phenoxy) is 4. The number of methoxy groups -OCH3 is 2. The molecule has 4 saturated carbocycles. The topological polar surface area (TPSA) is 36.9 Å². The molecule has 0 amide bonds. The largest absolute Gasteiger partial charge is 0.378 e. The van der Waals surface area contributed by atoms with Gasteiger partial charge in [0.15, 0.2) is 6.29 Å². The second kappa shape index (κ2) is 12.2. The van der Waals surface area contributed by atoms with E-state index in [0.29, 0.717) is 16.9 Å². The molecule has 1 heterocycles. The van der Waals surface area contributed by atoms with E-state index in [1.807, 2.05) is 0 Å². The van der Waals surface area contributed by atoms with Crippen LogP contribution in [0.1, 0.15) is 125 Å². The molecule has 0 radical (unpaired) electrons. The first-order valence-electron chi connectivity index (χ1n) is 17.0. The van der Waals surface area contributed by atoms with Gasteiger partial charge in [-0.3, -0.25) is 0 Å². The summed E-state index contributed by atoms with van der Waals surface area (Å²) in [4.78, 5) is 0. The van der Waals surface area contributed by atoms with Crippen molar-refractivity contribution in [3.63, 3.8) is 0 Å². The molecule has 5 aliphatic rings. The summed E-state index contributed by atoms with van der Waals surface area (Å²) in [5, 5.41) is 0. The fourth-order valence-electron chi connectivity index (χ4n) is 11.2. The van der Waals surface area contributed by atoms with Crippen LogP contribution >= 0.6 is 0 Å². The molecular formula is C35H62O4. The Labute approximate surface area is 241 Å². The van der Waals surface area contributed by atoms with Gasteiger partial charge in [0.05, 0.1) is 18.3 Å². The Morgan fingerprint density at radius 2 is 1.56 bits per heavy atom. The predicted octanol–water partition coefficient (Wildman–Crippen LogP) is 8.66. The number of hydrogen-bond acceptors (Lipinski definition) is 4. The van der Waals surface area contributed by atoms with Crippen LogP contribution in [0.4, 0.5) is 0 Å². The second-order valence-corrected chi connectivity index (χ2v) is 15.7. The molecule has 0 N–H and O–H groups in total. The van der Waals surface area contributed by atoms with Crippen molar-refractivity contribution in [2.75, 3.05) is 14.2 Å². The molecule has 2 unspecified atom stereocenters. The van der Waals surface area contributed by atoms with Gasteiger partial charge in [0.25, 0.3) is 0 Å². The molecule has 1 aliphatic heterocycles. The van der Waals surface area contributed by atoms with E-state index in [0.717, 1.165) is 47.8 Å². The lowest BCUT2D eigenvalue weighted by atomic mass is 9.44. The highest BCUT2D eigenvalue weighted by Gasteiger charge is 2.60. The standard InChI is InChI=1S/C35H62O4/c1-22(2)10-9-11-23(3)28-14-15-29-27-13-12-25-20-26(16-18-34(25,5)30(27)17-19-35(28,29)6)39-32-21-31(36-7)33(37-8)24(4)38-32/h22-33H,9-21H2,1-8H3/t23-,24+,25-,26-,27-,28+,29-,30-,31+,32?,33?,34-,35+/m0/s1. The molecule has 0 aromatic rings. The third-order valence-electron chi connectivity index (χ3n) is 13.4. The number of hydrogen-bond donors (Lipinski definition) is 0. The first kappa shape index (κ1) is 30.3. The van der Waals surface area contributed by atoms with Gasteiger partial charge in [0.1, 0.15) is 6.10 Å². The van der Waals surface area contributed by atoms with Gasteiger partial charge in [0.2, 0.25) is 0 Å². The molecule has 0 spiro atoms. The molecule has 0 aromatic heterocycles. The normalized spacial score (nSPS) is 48.8. The van der Waals surface area contributed by atoms with Crippen molar-refractivity contribution < 1.29 is 18.9 Å². The lowest BCUT2D eigenvalue weighted by molar-refractivity contribution is -0.274. The van der Waals surface area contributed by atoms with E-state index >= 15 is 0 Å². The van der Waals surface area contributed by atoms with Gasteiger partial charge < -0.3 is 18.9 Å². The summed E-state index contributed by atoms with van der Waals surface area (Å²) < 4.78 is 24.4. The SMILES string of the molecule is COC1[C@@H](C)OC(O[C@H]2CC[C@@]3(C)[C@@H](CC[C@@H]4[C@@H]3CC[C@]3(C)[C@@H]([C@@H](C)CCCC(C)C)CC[C@@H]43)C2)C[C@H]1OC. The highest BCUT2D eigenvalue weighted by molar-refractivity contribution is 5.10. The Kier molecular flexibility index (Phi) is 9.49. The molecule has 5 rings (SSSR count). The van der Waals surface area contributed by atoms with Crippen molar-refractivity contribution in [3.8, 4) is 0 Å². The molecule has 226 valence electrons. The van der Waals surface area contributed by atoms with Crippen molar-refractivity contribution in [2.45, 2.75) is 156 Å². The summed E-state index contributed by atoms with van der Waals surface area (Å²) in [5.41, 5.74) is 1.09. The molecule has 4 heteroatoms. The van der Waals surface area contributed by atoms with Crippen LogP contribution in [0.5, 0.6) is 0 Å². The minimum atomic E-state index is -0.171. The van der Waals surface area contributed by atoms with Gasteiger partial charge in [-0.25, -0.2) is 0 Å². The van der Waals surface area contributed by atoms with Crippen LogP contribution in [0.25, 0.3) is 0 Å². The summed E-state index contributed by atoms with van der Waals surface area (Å²) >= 11 is 0. The fourth-order valence-corrected chi connectivity index (χ4v) is 11.2. The average Bonchev–Trinajstić information content (AvgIpc) is 3.25. The molecule has 0 aromatic carbocycles. The molecule has 4 nitrogen and oxygen atoms in total. The third kappa shape index (κ3) is 5.76. The smallest absolute Gasteiger partial charge is 0.161 e.